The van der Waals surface area contributed by atoms with Crippen LogP contribution in [0.3, 0.4) is 0 Å². The predicted molar refractivity (Wildman–Crippen MR) is 70.0 cm³/mol. The van der Waals surface area contributed by atoms with Crippen molar-refractivity contribution in [2.75, 3.05) is 0 Å². The second-order valence-corrected chi connectivity index (χ2v) is 4.63. The molecular formula is C13H16ClN3. The smallest absolute Gasteiger partial charge is 0.0534 e. The number of halogens is 1. The molecule has 0 saturated carbocycles. The van der Waals surface area contributed by atoms with Gasteiger partial charge in [0.1, 0.15) is 0 Å². The molecule has 3 nitrogen and oxygen atoms in total. The van der Waals surface area contributed by atoms with Crippen molar-refractivity contribution >= 4 is 11.6 Å². The number of aromatic nitrogens is 2. The lowest BCUT2D eigenvalue weighted by atomic mass is 10.1. The molecular weight excluding hydrogens is 234 g/mol. The highest BCUT2D eigenvalue weighted by molar-refractivity contribution is 6.30. The topological polar surface area (TPSA) is 40.7 Å². The maximum Gasteiger partial charge on any atom is 0.0534 e. The van der Waals surface area contributed by atoms with Gasteiger partial charge in [-0.1, -0.05) is 23.7 Å². The summed E-state index contributed by atoms with van der Waals surface area (Å²) in [5.41, 5.74) is 2.34. The van der Waals surface area contributed by atoms with E-state index in [-0.39, 0.29) is 12.1 Å². The third-order valence-corrected chi connectivity index (χ3v) is 3.10. The number of benzene rings is 1. The van der Waals surface area contributed by atoms with Crippen LogP contribution < -0.4 is 5.32 Å². The first-order chi connectivity index (χ1) is 8.16. The fourth-order valence-corrected chi connectivity index (χ4v) is 2.04. The van der Waals surface area contributed by atoms with Crippen molar-refractivity contribution in [3.8, 4) is 0 Å². The highest BCUT2D eigenvalue weighted by Gasteiger charge is 2.11. The number of hydrogen-bond donors (Lipinski definition) is 2. The first-order valence-corrected chi connectivity index (χ1v) is 6.05. The molecule has 2 atom stereocenters. The van der Waals surface area contributed by atoms with Gasteiger partial charge in [-0.05, 0) is 31.5 Å². The van der Waals surface area contributed by atoms with Gasteiger partial charge in [0, 0.05) is 28.9 Å². The van der Waals surface area contributed by atoms with Crippen LogP contribution in [0, 0.1) is 0 Å². The number of H-pyrrole nitrogens is 1. The van der Waals surface area contributed by atoms with Crippen molar-refractivity contribution in [1.29, 1.82) is 0 Å². The molecule has 0 aliphatic rings. The molecule has 2 N–H and O–H groups in total. The van der Waals surface area contributed by atoms with Crippen molar-refractivity contribution in [1.82, 2.24) is 15.5 Å². The molecule has 0 bridgehead atoms. The van der Waals surface area contributed by atoms with Gasteiger partial charge in [0.25, 0.3) is 0 Å². The second kappa shape index (κ2) is 5.34. The molecule has 2 aromatic rings. The van der Waals surface area contributed by atoms with Gasteiger partial charge < -0.3 is 5.32 Å². The minimum absolute atomic E-state index is 0.249. The average molecular weight is 250 g/mol. The first kappa shape index (κ1) is 12.1. The van der Waals surface area contributed by atoms with Gasteiger partial charge in [0.15, 0.2) is 0 Å². The Hall–Kier alpha value is -1.32. The number of rotatable bonds is 4. The quantitative estimate of drug-likeness (QED) is 0.871. The predicted octanol–water partition coefficient (Wildman–Crippen LogP) is 3.47. The molecule has 17 heavy (non-hydrogen) atoms. The maximum atomic E-state index is 5.98. The van der Waals surface area contributed by atoms with E-state index in [1.54, 1.807) is 0 Å². The van der Waals surface area contributed by atoms with Gasteiger partial charge in [-0.25, -0.2) is 0 Å². The third-order valence-electron chi connectivity index (χ3n) is 2.87. The minimum atomic E-state index is 0.249. The summed E-state index contributed by atoms with van der Waals surface area (Å²) >= 11 is 5.98. The Balaban J connectivity index is 2.04. The van der Waals surface area contributed by atoms with Gasteiger partial charge in [-0.3, -0.25) is 5.10 Å². The molecule has 0 radical (unpaired) electrons. The maximum absolute atomic E-state index is 5.98. The van der Waals surface area contributed by atoms with Crippen molar-refractivity contribution in [2.45, 2.75) is 25.9 Å². The summed E-state index contributed by atoms with van der Waals surface area (Å²) in [7, 11) is 0. The number of nitrogens with one attached hydrogen (secondary N) is 2. The monoisotopic (exact) mass is 249 g/mol. The summed E-state index contributed by atoms with van der Waals surface area (Å²) in [4.78, 5) is 0. The average Bonchev–Trinajstić information content (AvgIpc) is 2.82. The van der Waals surface area contributed by atoms with Crippen LogP contribution in [0.4, 0.5) is 0 Å². The molecule has 2 unspecified atom stereocenters. The Kier molecular flexibility index (Phi) is 3.82. The SMILES string of the molecule is CC(NC(C)c1cccc(Cl)c1)c1cn[nH]c1. The normalized spacial score (nSPS) is 14.5. The lowest BCUT2D eigenvalue weighted by molar-refractivity contribution is 0.495. The molecule has 0 amide bonds. The van der Waals surface area contributed by atoms with E-state index in [2.05, 4.69) is 35.4 Å². The Morgan fingerprint density at radius 1 is 1.24 bits per heavy atom. The zero-order chi connectivity index (χ0) is 12.3. The van der Waals surface area contributed by atoms with Gasteiger partial charge in [0.05, 0.1) is 6.20 Å². The summed E-state index contributed by atoms with van der Waals surface area (Å²) in [6, 6.07) is 8.42. The molecule has 0 aliphatic heterocycles. The van der Waals surface area contributed by atoms with Crippen LogP contribution in [-0.4, -0.2) is 10.2 Å². The molecule has 0 saturated heterocycles. The molecule has 0 aliphatic carbocycles. The molecule has 1 aromatic carbocycles. The molecule has 0 spiro atoms. The van der Waals surface area contributed by atoms with Gasteiger partial charge in [-0.15, -0.1) is 0 Å². The van der Waals surface area contributed by atoms with E-state index < -0.39 is 0 Å². The van der Waals surface area contributed by atoms with Crippen molar-refractivity contribution in [3.05, 3.63) is 52.8 Å². The lowest BCUT2D eigenvalue weighted by Gasteiger charge is -2.19. The zero-order valence-corrected chi connectivity index (χ0v) is 10.7. The summed E-state index contributed by atoms with van der Waals surface area (Å²) in [6.07, 6.45) is 3.74. The lowest BCUT2D eigenvalue weighted by Crippen LogP contribution is -2.22. The molecule has 1 heterocycles. The van der Waals surface area contributed by atoms with Gasteiger partial charge in [0.2, 0.25) is 0 Å². The first-order valence-electron chi connectivity index (χ1n) is 5.67. The van der Waals surface area contributed by atoms with E-state index in [9.17, 15) is 0 Å². The Morgan fingerprint density at radius 3 is 2.65 bits per heavy atom. The van der Waals surface area contributed by atoms with Crippen LogP contribution in [0.5, 0.6) is 0 Å². The van der Waals surface area contributed by atoms with Crippen LogP contribution in [0.1, 0.15) is 37.1 Å². The molecule has 90 valence electrons. The molecule has 1 aromatic heterocycles. The van der Waals surface area contributed by atoms with E-state index in [0.29, 0.717) is 0 Å². The van der Waals surface area contributed by atoms with Crippen molar-refractivity contribution < 1.29 is 0 Å². The molecule has 2 rings (SSSR count). The van der Waals surface area contributed by atoms with Crippen LogP contribution in [-0.2, 0) is 0 Å². The number of nitrogens with zero attached hydrogens (tertiary/aromatic N) is 1. The van der Waals surface area contributed by atoms with Crippen LogP contribution in [0.2, 0.25) is 5.02 Å². The zero-order valence-electron chi connectivity index (χ0n) is 9.94. The fourth-order valence-electron chi connectivity index (χ4n) is 1.84. The fraction of sp³-hybridized carbons (Fsp3) is 0.308. The van der Waals surface area contributed by atoms with Crippen LogP contribution in [0.25, 0.3) is 0 Å². The van der Waals surface area contributed by atoms with E-state index in [0.717, 1.165) is 10.6 Å². The highest BCUT2D eigenvalue weighted by Crippen LogP contribution is 2.20. The number of aromatic amines is 1. The van der Waals surface area contributed by atoms with E-state index >= 15 is 0 Å². The highest BCUT2D eigenvalue weighted by atomic mass is 35.5. The Bertz CT molecular complexity index is 467. The number of hydrogen-bond acceptors (Lipinski definition) is 2. The van der Waals surface area contributed by atoms with Crippen LogP contribution >= 0.6 is 11.6 Å². The van der Waals surface area contributed by atoms with Crippen molar-refractivity contribution in [2.24, 2.45) is 0 Å². The largest absolute Gasteiger partial charge is 0.304 e. The van der Waals surface area contributed by atoms with Gasteiger partial charge in [-0.2, -0.15) is 5.10 Å². The summed E-state index contributed by atoms with van der Waals surface area (Å²) in [6.45, 7) is 4.24. The summed E-state index contributed by atoms with van der Waals surface area (Å²) in [5.74, 6) is 0. The van der Waals surface area contributed by atoms with Gasteiger partial charge >= 0.3 is 0 Å². The Labute approximate surface area is 106 Å². The molecule has 4 heteroatoms. The van der Waals surface area contributed by atoms with E-state index in [1.807, 2.05) is 30.6 Å². The van der Waals surface area contributed by atoms with E-state index in [4.69, 9.17) is 11.6 Å². The summed E-state index contributed by atoms with van der Waals surface area (Å²) < 4.78 is 0. The minimum Gasteiger partial charge on any atom is -0.304 e. The molecule has 0 fully saturated rings. The standard InChI is InChI=1S/C13H16ClN3/c1-9(11-4-3-5-13(14)6-11)17-10(2)12-7-15-16-8-12/h3-10,17H,1-2H3,(H,15,16). The second-order valence-electron chi connectivity index (χ2n) is 4.20. The van der Waals surface area contributed by atoms with Crippen molar-refractivity contribution in [3.63, 3.8) is 0 Å². The third kappa shape index (κ3) is 3.08. The summed E-state index contributed by atoms with van der Waals surface area (Å²) in [5, 5.41) is 11.1. The van der Waals surface area contributed by atoms with Crippen LogP contribution in [0.15, 0.2) is 36.7 Å². The Morgan fingerprint density at radius 2 is 2.00 bits per heavy atom. The van der Waals surface area contributed by atoms with E-state index in [1.165, 1.54) is 5.56 Å².